The van der Waals surface area contributed by atoms with E-state index >= 15 is 0 Å². The summed E-state index contributed by atoms with van der Waals surface area (Å²) in [7, 11) is 0. The minimum Gasteiger partial charge on any atom is -0.383 e. The Morgan fingerprint density at radius 3 is 2.67 bits per heavy atom. The molecule has 8 nitrogen and oxygen atoms in total. The van der Waals surface area contributed by atoms with Gasteiger partial charge in [0.25, 0.3) is 11.5 Å². The summed E-state index contributed by atoms with van der Waals surface area (Å²) >= 11 is 0. The third kappa shape index (κ3) is 4.26. The van der Waals surface area contributed by atoms with E-state index < -0.39 is 17.2 Å². The molecular weight excluding hydrogens is 346 g/mol. The number of hydrogen-bond acceptors (Lipinski definition) is 5. The highest BCUT2D eigenvalue weighted by Crippen LogP contribution is 2.20. The van der Waals surface area contributed by atoms with Gasteiger partial charge in [0.15, 0.2) is 5.69 Å². The van der Waals surface area contributed by atoms with Crippen molar-refractivity contribution in [2.75, 3.05) is 17.2 Å². The number of nitriles is 1. The van der Waals surface area contributed by atoms with E-state index in [2.05, 4.69) is 4.98 Å². The first-order valence-electron chi connectivity index (χ1n) is 8.89. The van der Waals surface area contributed by atoms with Crippen LogP contribution in [-0.2, 0) is 6.54 Å². The number of nitrogens with two attached hydrogens (primary N) is 1. The van der Waals surface area contributed by atoms with Gasteiger partial charge in [-0.15, -0.1) is 0 Å². The number of rotatable bonds is 7. The molecule has 0 radical (unpaired) electrons. The summed E-state index contributed by atoms with van der Waals surface area (Å²) in [5.74, 6) is -0.481. The number of nitrogens with zero attached hydrogens (tertiary/aromatic N) is 3. The van der Waals surface area contributed by atoms with Crippen LogP contribution >= 0.6 is 0 Å². The van der Waals surface area contributed by atoms with E-state index in [1.807, 2.05) is 19.9 Å². The van der Waals surface area contributed by atoms with Crippen LogP contribution in [0.3, 0.4) is 0 Å². The molecule has 3 N–H and O–H groups in total. The van der Waals surface area contributed by atoms with E-state index in [-0.39, 0.29) is 23.6 Å². The number of nitrogen functional groups attached to an aromatic ring is 1. The summed E-state index contributed by atoms with van der Waals surface area (Å²) in [4.78, 5) is 41.2. The molecule has 0 unspecified atom stereocenters. The van der Waals surface area contributed by atoms with Crippen molar-refractivity contribution in [2.45, 2.75) is 39.7 Å². The van der Waals surface area contributed by atoms with E-state index in [1.54, 1.807) is 18.2 Å². The second-order valence-electron chi connectivity index (χ2n) is 6.15. The maximum Gasteiger partial charge on any atom is 0.330 e. The van der Waals surface area contributed by atoms with Gasteiger partial charge in [-0.3, -0.25) is 19.1 Å². The maximum absolute atomic E-state index is 13.1. The Morgan fingerprint density at radius 1 is 1.30 bits per heavy atom. The highest BCUT2D eigenvalue weighted by Gasteiger charge is 2.25. The first-order chi connectivity index (χ1) is 12.9. The number of hydrogen-bond donors (Lipinski definition) is 2. The highest BCUT2D eigenvalue weighted by atomic mass is 16.2. The number of aromatic nitrogens is 2. The van der Waals surface area contributed by atoms with Gasteiger partial charge in [-0.2, -0.15) is 5.26 Å². The smallest absolute Gasteiger partial charge is 0.330 e. The second kappa shape index (κ2) is 8.85. The summed E-state index contributed by atoms with van der Waals surface area (Å²) < 4.78 is 1.26. The Morgan fingerprint density at radius 2 is 2.04 bits per heavy atom. The zero-order valence-electron chi connectivity index (χ0n) is 15.5. The van der Waals surface area contributed by atoms with Crippen molar-refractivity contribution in [1.29, 1.82) is 5.26 Å². The lowest BCUT2D eigenvalue weighted by molar-refractivity contribution is 0.0986. The fourth-order valence-corrected chi connectivity index (χ4v) is 2.79. The fraction of sp³-hybridized carbons (Fsp3) is 0.368. The molecule has 0 atom stereocenters. The molecule has 1 aromatic heterocycles. The van der Waals surface area contributed by atoms with Crippen LogP contribution in [-0.4, -0.2) is 22.0 Å². The summed E-state index contributed by atoms with van der Waals surface area (Å²) in [6, 6.07) is 8.23. The van der Waals surface area contributed by atoms with Gasteiger partial charge in [-0.1, -0.05) is 26.3 Å². The van der Waals surface area contributed by atoms with Gasteiger partial charge in [0.05, 0.1) is 11.6 Å². The average molecular weight is 369 g/mol. The molecule has 142 valence electrons. The van der Waals surface area contributed by atoms with Crippen LogP contribution in [0.4, 0.5) is 11.5 Å². The van der Waals surface area contributed by atoms with E-state index in [9.17, 15) is 14.4 Å². The Balaban J connectivity index is 2.62. The summed E-state index contributed by atoms with van der Waals surface area (Å²) in [5.41, 5.74) is 5.39. The van der Waals surface area contributed by atoms with Gasteiger partial charge in [0, 0.05) is 18.7 Å². The molecule has 0 bridgehead atoms. The number of carbonyl (C=O) groups is 1. The zero-order valence-corrected chi connectivity index (χ0v) is 15.5. The lowest BCUT2D eigenvalue weighted by atomic mass is 10.1. The van der Waals surface area contributed by atoms with Crippen molar-refractivity contribution in [3.05, 3.63) is 56.2 Å². The van der Waals surface area contributed by atoms with Gasteiger partial charge in [0.2, 0.25) is 0 Å². The number of amides is 1. The lowest BCUT2D eigenvalue weighted by Gasteiger charge is -2.24. The molecule has 0 aliphatic carbocycles. The molecule has 0 aliphatic heterocycles. The van der Waals surface area contributed by atoms with Crippen LogP contribution in [0.15, 0.2) is 33.9 Å². The monoisotopic (exact) mass is 369 g/mol. The molecule has 2 aromatic rings. The number of carbonyl (C=O) groups excluding carboxylic acids is 1. The standard InChI is InChI=1S/C19H23N5O3/c1-3-5-10-23(18(26)14-8-6-7-13(11-14)12-20)15-16(21)24(9-4-2)19(27)22-17(15)25/h6-8,11H,3-5,9-10,21H2,1-2H3,(H,22,25,27). The molecule has 0 saturated heterocycles. The molecule has 0 spiro atoms. The van der Waals surface area contributed by atoms with E-state index in [4.69, 9.17) is 11.0 Å². The van der Waals surface area contributed by atoms with Crippen LogP contribution in [0, 0.1) is 11.3 Å². The van der Waals surface area contributed by atoms with Crippen LogP contribution in [0.2, 0.25) is 0 Å². The summed E-state index contributed by atoms with van der Waals surface area (Å²) in [6.45, 7) is 4.44. The molecule has 1 heterocycles. The fourth-order valence-electron chi connectivity index (χ4n) is 2.79. The Hall–Kier alpha value is -3.34. The van der Waals surface area contributed by atoms with Crippen molar-refractivity contribution in [1.82, 2.24) is 9.55 Å². The van der Waals surface area contributed by atoms with Crippen LogP contribution in [0.1, 0.15) is 49.0 Å². The Bertz CT molecular complexity index is 984. The Labute approximate surface area is 156 Å². The maximum atomic E-state index is 13.1. The number of H-pyrrole nitrogens is 1. The van der Waals surface area contributed by atoms with Gasteiger partial charge in [0.1, 0.15) is 5.82 Å². The van der Waals surface area contributed by atoms with E-state index in [0.29, 0.717) is 24.9 Å². The number of anilines is 2. The SMILES string of the molecule is CCCCN(C(=O)c1cccc(C#N)c1)c1c(N)n(CCC)c(=O)[nH]c1=O. The van der Waals surface area contributed by atoms with Gasteiger partial charge < -0.3 is 10.6 Å². The van der Waals surface area contributed by atoms with Crippen molar-refractivity contribution in [3.8, 4) is 6.07 Å². The third-order valence-electron chi connectivity index (χ3n) is 4.15. The van der Waals surface area contributed by atoms with Gasteiger partial charge in [-0.25, -0.2) is 4.79 Å². The number of unbranched alkanes of at least 4 members (excludes halogenated alkanes) is 1. The summed E-state index contributed by atoms with van der Waals surface area (Å²) in [6.07, 6.45) is 2.09. The molecule has 2 rings (SSSR count). The van der Waals surface area contributed by atoms with Crippen molar-refractivity contribution >= 4 is 17.4 Å². The first kappa shape index (κ1) is 20.0. The predicted molar refractivity (Wildman–Crippen MR) is 104 cm³/mol. The number of nitrogens with one attached hydrogen (secondary N) is 1. The van der Waals surface area contributed by atoms with Crippen molar-refractivity contribution in [3.63, 3.8) is 0 Å². The number of aromatic amines is 1. The van der Waals surface area contributed by atoms with Crippen molar-refractivity contribution < 1.29 is 4.79 Å². The van der Waals surface area contributed by atoms with Crippen molar-refractivity contribution in [2.24, 2.45) is 0 Å². The quantitative estimate of drug-likeness (QED) is 0.770. The minimum atomic E-state index is -0.703. The van der Waals surface area contributed by atoms with Gasteiger partial charge in [-0.05, 0) is 31.0 Å². The Kier molecular flexibility index (Phi) is 6.55. The normalized spacial score (nSPS) is 10.4. The lowest BCUT2D eigenvalue weighted by Crippen LogP contribution is -2.41. The third-order valence-corrected chi connectivity index (χ3v) is 4.15. The molecule has 1 amide bonds. The number of benzene rings is 1. The molecule has 1 aromatic carbocycles. The molecule has 0 saturated carbocycles. The molecular formula is C19H23N5O3. The summed E-state index contributed by atoms with van der Waals surface area (Å²) in [5, 5.41) is 9.07. The van der Waals surface area contributed by atoms with Crippen LogP contribution in [0.5, 0.6) is 0 Å². The van der Waals surface area contributed by atoms with Gasteiger partial charge >= 0.3 is 5.69 Å². The molecule has 0 aliphatic rings. The van der Waals surface area contributed by atoms with E-state index in [0.717, 1.165) is 6.42 Å². The van der Waals surface area contributed by atoms with E-state index in [1.165, 1.54) is 15.5 Å². The van der Waals surface area contributed by atoms with Crippen LogP contribution < -0.4 is 21.9 Å². The molecule has 0 fully saturated rings. The first-order valence-corrected chi connectivity index (χ1v) is 8.89. The molecule has 8 heteroatoms. The second-order valence-corrected chi connectivity index (χ2v) is 6.15. The zero-order chi connectivity index (χ0) is 20.0. The van der Waals surface area contributed by atoms with Crippen LogP contribution in [0.25, 0.3) is 0 Å². The highest BCUT2D eigenvalue weighted by molar-refractivity contribution is 6.07. The minimum absolute atomic E-state index is 0.0357. The largest absolute Gasteiger partial charge is 0.383 e. The predicted octanol–water partition coefficient (Wildman–Crippen LogP) is 1.85. The average Bonchev–Trinajstić information content (AvgIpc) is 2.67. The topological polar surface area (TPSA) is 125 Å². The molecule has 27 heavy (non-hydrogen) atoms.